The third kappa shape index (κ3) is 1.27. The molecule has 2 rings (SSSR count). The first kappa shape index (κ1) is 9.72. The first-order valence-corrected chi connectivity index (χ1v) is 7.77. The molecule has 1 unspecified atom stereocenters. The fourth-order valence-corrected chi connectivity index (χ4v) is 4.45. The molecule has 0 aliphatic heterocycles. The lowest BCUT2D eigenvalue weighted by Gasteiger charge is -2.16. The Labute approximate surface area is 88.3 Å². The van der Waals surface area contributed by atoms with Crippen LogP contribution < -0.4 is 0 Å². The Kier molecular flexibility index (Phi) is 2.36. The molecule has 1 aromatic rings. The number of benzene rings is 1. The maximum absolute atomic E-state index is 2.41. The molecule has 0 nitrogen and oxygen atoms in total. The molecule has 14 heavy (non-hydrogen) atoms. The molecule has 1 heteroatoms. The number of fused-ring (bicyclic) bond motifs is 1. The molecular weight excluding hydrogens is 184 g/mol. The van der Waals surface area contributed by atoms with Gasteiger partial charge in [0.2, 0.25) is 0 Å². The Morgan fingerprint density at radius 1 is 1.07 bits per heavy atom. The summed E-state index contributed by atoms with van der Waals surface area (Å²) in [6.07, 6.45) is 0. The Morgan fingerprint density at radius 2 is 1.71 bits per heavy atom. The number of hydrogen-bond acceptors (Lipinski definition) is 0. The summed E-state index contributed by atoms with van der Waals surface area (Å²) >= 11 is 0. The third-order valence-electron chi connectivity index (χ3n) is 3.28. The van der Waals surface area contributed by atoms with Crippen LogP contribution >= 0.6 is 0 Å². The molecule has 1 aromatic carbocycles. The topological polar surface area (TPSA) is 0 Å². The molecule has 1 aliphatic carbocycles. The number of hydrogen-bond donors (Lipinski definition) is 0. The van der Waals surface area contributed by atoms with E-state index in [9.17, 15) is 0 Å². The third-order valence-corrected chi connectivity index (χ3v) is 5.18. The van der Waals surface area contributed by atoms with Crippen LogP contribution in [-0.4, -0.2) is 8.80 Å². The first-order chi connectivity index (χ1) is 6.63. The summed E-state index contributed by atoms with van der Waals surface area (Å²) in [6.45, 7) is 9.39. The van der Waals surface area contributed by atoms with Crippen molar-refractivity contribution in [1.82, 2.24) is 0 Å². The van der Waals surface area contributed by atoms with Gasteiger partial charge < -0.3 is 0 Å². The molecular formula is C13H17Si. The van der Waals surface area contributed by atoms with Gasteiger partial charge in [0.05, 0.1) is 8.80 Å². The van der Waals surface area contributed by atoms with E-state index < -0.39 is 0 Å². The summed E-state index contributed by atoms with van der Waals surface area (Å²) in [4.78, 5) is 0. The fourth-order valence-electron chi connectivity index (χ4n) is 2.50. The van der Waals surface area contributed by atoms with Crippen molar-refractivity contribution in [2.75, 3.05) is 0 Å². The molecule has 0 spiro atoms. The van der Waals surface area contributed by atoms with Gasteiger partial charge in [-0.15, -0.1) is 0 Å². The summed E-state index contributed by atoms with van der Waals surface area (Å²) in [5, 5.41) is 0. The zero-order valence-corrected chi connectivity index (χ0v) is 10.4. The van der Waals surface area contributed by atoms with Gasteiger partial charge in [0.25, 0.3) is 0 Å². The molecule has 73 valence electrons. The SMILES string of the molecule is CC1=C(C)C([Si](C)C)c2ccccc21. The molecule has 0 heterocycles. The maximum atomic E-state index is 2.41. The molecule has 0 saturated heterocycles. The van der Waals surface area contributed by atoms with E-state index >= 15 is 0 Å². The first-order valence-electron chi connectivity index (χ1n) is 5.19. The van der Waals surface area contributed by atoms with Gasteiger partial charge in [-0.3, -0.25) is 0 Å². The predicted octanol–water partition coefficient (Wildman–Crippen LogP) is 3.87. The Hall–Kier alpha value is -0.823. The van der Waals surface area contributed by atoms with Gasteiger partial charge in [0, 0.05) is 0 Å². The Morgan fingerprint density at radius 3 is 2.36 bits per heavy atom. The van der Waals surface area contributed by atoms with Crippen LogP contribution in [0.2, 0.25) is 13.1 Å². The van der Waals surface area contributed by atoms with Crippen LogP contribution in [0, 0.1) is 0 Å². The van der Waals surface area contributed by atoms with Gasteiger partial charge >= 0.3 is 0 Å². The zero-order valence-electron chi connectivity index (χ0n) is 9.39. The fraction of sp³-hybridized carbons (Fsp3) is 0.385. The summed E-state index contributed by atoms with van der Waals surface area (Å²) in [7, 11) is -0.263. The van der Waals surface area contributed by atoms with Crippen LogP contribution in [0.15, 0.2) is 29.8 Å². The molecule has 0 bridgehead atoms. The van der Waals surface area contributed by atoms with E-state index in [0.29, 0.717) is 0 Å². The molecule has 0 amide bonds. The van der Waals surface area contributed by atoms with Gasteiger partial charge in [0.1, 0.15) is 0 Å². The van der Waals surface area contributed by atoms with Gasteiger partial charge in [-0.05, 0) is 36.1 Å². The molecule has 1 atom stereocenters. The minimum atomic E-state index is -0.263. The van der Waals surface area contributed by atoms with Crippen LogP contribution in [0.5, 0.6) is 0 Å². The predicted molar refractivity (Wildman–Crippen MR) is 64.9 cm³/mol. The lowest BCUT2D eigenvalue weighted by atomic mass is 10.1. The van der Waals surface area contributed by atoms with Crippen LogP contribution in [0.4, 0.5) is 0 Å². The van der Waals surface area contributed by atoms with Crippen molar-refractivity contribution in [2.24, 2.45) is 0 Å². The van der Waals surface area contributed by atoms with Crippen LogP contribution in [0.25, 0.3) is 5.57 Å². The number of allylic oxidation sites excluding steroid dienone is 2. The second kappa shape index (κ2) is 3.39. The Bertz CT molecular complexity index is 388. The highest BCUT2D eigenvalue weighted by Gasteiger charge is 2.28. The zero-order chi connectivity index (χ0) is 10.3. The lowest BCUT2D eigenvalue weighted by molar-refractivity contribution is 1.10. The second-order valence-electron chi connectivity index (χ2n) is 4.41. The largest absolute Gasteiger partial charge is 0.0705 e. The van der Waals surface area contributed by atoms with Gasteiger partial charge in [-0.1, -0.05) is 42.9 Å². The normalized spacial score (nSPS) is 20.5. The van der Waals surface area contributed by atoms with Crippen LogP contribution in [-0.2, 0) is 0 Å². The summed E-state index contributed by atoms with van der Waals surface area (Å²) in [5.41, 5.74) is 6.92. The van der Waals surface area contributed by atoms with E-state index in [4.69, 9.17) is 0 Å². The molecule has 0 aromatic heterocycles. The highest BCUT2D eigenvalue weighted by atomic mass is 28.3. The van der Waals surface area contributed by atoms with E-state index in [1.54, 1.807) is 11.1 Å². The van der Waals surface area contributed by atoms with Crippen LogP contribution in [0.1, 0.15) is 30.5 Å². The lowest BCUT2D eigenvalue weighted by Crippen LogP contribution is -2.15. The summed E-state index contributed by atoms with van der Waals surface area (Å²) < 4.78 is 0. The van der Waals surface area contributed by atoms with Crippen molar-refractivity contribution in [3.8, 4) is 0 Å². The molecule has 1 radical (unpaired) electrons. The van der Waals surface area contributed by atoms with E-state index in [1.165, 1.54) is 11.1 Å². The maximum Gasteiger partial charge on any atom is 0.0552 e. The van der Waals surface area contributed by atoms with E-state index in [-0.39, 0.29) is 8.80 Å². The van der Waals surface area contributed by atoms with Gasteiger partial charge in [-0.2, -0.15) is 0 Å². The van der Waals surface area contributed by atoms with Crippen molar-refractivity contribution in [3.63, 3.8) is 0 Å². The van der Waals surface area contributed by atoms with Crippen molar-refractivity contribution < 1.29 is 0 Å². The van der Waals surface area contributed by atoms with E-state index in [1.807, 2.05) is 0 Å². The monoisotopic (exact) mass is 201 g/mol. The Balaban J connectivity index is 2.58. The minimum absolute atomic E-state index is 0.263. The molecule has 0 fully saturated rings. The number of rotatable bonds is 1. The standard InChI is InChI=1S/C13H17Si/c1-9-10(2)13(14(3)4)12-8-6-5-7-11(9)12/h5-8,13H,1-4H3. The van der Waals surface area contributed by atoms with Crippen molar-refractivity contribution >= 4 is 14.4 Å². The van der Waals surface area contributed by atoms with Crippen LogP contribution in [0.3, 0.4) is 0 Å². The molecule has 0 saturated carbocycles. The van der Waals surface area contributed by atoms with Crippen molar-refractivity contribution in [3.05, 3.63) is 41.0 Å². The summed E-state index contributed by atoms with van der Waals surface area (Å²) in [6, 6.07) is 8.88. The van der Waals surface area contributed by atoms with E-state index in [0.717, 1.165) is 5.54 Å². The van der Waals surface area contributed by atoms with Gasteiger partial charge in [0.15, 0.2) is 0 Å². The minimum Gasteiger partial charge on any atom is -0.0705 e. The molecule has 1 aliphatic rings. The van der Waals surface area contributed by atoms with E-state index in [2.05, 4.69) is 51.2 Å². The van der Waals surface area contributed by atoms with Crippen molar-refractivity contribution in [2.45, 2.75) is 32.5 Å². The second-order valence-corrected chi connectivity index (χ2v) is 7.14. The van der Waals surface area contributed by atoms with Gasteiger partial charge in [-0.25, -0.2) is 0 Å². The molecule has 0 N–H and O–H groups in total. The average molecular weight is 201 g/mol. The smallest absolute Gasteiger partial charge is 0.0552 e. The highest BCUT2D eigenvalue weighted by Crippen LogP contribution is 2.42. The quantitative estimate of drug-likeness (QED) is 0.605. The van der Waals surface area contributed by atoms with Crippen molar-refractivity contribution in [1.29, 1.82) is 0 Å². The summed E-state index contributed by atoms with van der Waals surface area (Å²) in [5.74, 6) is 0. The average Bonchev–Trinajstić information content (AvgIpc) is 2.41. The highest BCUT2D eigenvalue weighted by molar-refractivity contribution is 6.58.